The zero-order valence-corrected chi connectivity index (χ0v) is 35.3. The number of benzene rings is 3. The fraction of sp³-hybridized carbons (Fsp3) is 0.468. The van der Waals surface area contributed by atoms with Gasteiger partial charge in [-0.25, -0.2) is 4.79 Å². The third-order valence-electron chi connectivity index (χ3n) is 13.6. The van der Waals surface area contributed by atoms with Crippen LogP contribution in [-0.4, -0.2) is 111 Å². The lowest BCUT2D eigenvalue weighted by Gasteiger charge is -2.67. The van der Waals surface area contributed by atoms with Crippen LogP contribution < -0.4 is 5.32 Å². The summed E-state index contributed by atoms with van der Waals surface area (Å²) in [7, 11) is 0. The summed E-state index contributed by atoms with van der Waals surface area (Å²) in [5, 5.41) is 52.3. The van der Waals surface area contributed by atoms with Gasteiger partial charge in [0.1, 0.15) is 23.9 Å². The molecule has 3 aromatic rings. The van der Waals surface area contributed by atoms with Gasteiger partial charge in [-0.2, -0.15) is 0 Å². The number of aliphatic hydroxyl groups is 4. The van der Waals surface area contributed by atoms with Crippen molar-refractivity contribution < 1.29 is 68.1 Å². The van der Waals surface area contributed by atoms with Gasteiger partial charge in [-0.3, -0.25) is 19.2 Å². The number of Topliss-reactive ketones (excluding diaryl/α,β-unsaturated/α-hetero) is 1. The summed E-state index contributed by atoms with van der Waals surface area (Å²) < 4.78 is 30.5. The molecule has 4 aliphatic rings. The molecule has 7 rings (SSSR count). The summed E-state index contributed by atoms with van der Waals surface area (Å²) in [4.78, 5) is 69.2. The highest BCUT2D eigenvalue weighted by atomic mass is 16.6. The number of carbonyl (C=O) groups is 5. The third-order valence-corrected chi connectivity index (χ3v) is 13.6. The van der Waals surface area contributed by atoms with Crippen molar-refractivity contribution in [3.63, 3.8) is 0 Å². The Labute approximate surface area is 359 Å². The van der Waals surface area contributed by atoms with E-state index in [2.05, 4.69) is 5.32 Å². The first-order valence-corrected chi connectivity index (χ1v) is 20.6. The molecule has 62 heavy (non-hydrogen) atoms. The van der Waals surface area contributed by atoms with Gasteiger partial charge in [0.25, 0.3) is 5.91 Å². The summed E-state index contributed by atoms with van der Waals surface area (Å²) in [6.07, 6.45) is -12.1. The summed E-state index contributed by atoms with van der Waals surface area (Å²) in [5.74, 6) is -5.48. The van der Waals surface area contributed by atoms with Crippen molar-refractivity contribution >= 4 is 29.6 Å². The molecule has 3 aliphatic carbocycles. The van der Waals surface area contributed by atoms with E-state index in [0.717, 1.165) is 13.8 Å². The highest BCUT2D eigenvalue weighted by molar-refractivity contribution is 5.96. The standard InChI is InChI=1S/C47H53NO14/c1-25-31(60-43(56)36(52)35(28-16-10-7-11-17-28)48-41(54)29-18-12-8-13-19-29)23-47(57)40(61-42(55)30-20-14-9-15-21-30)38-45(6,32(51)22-33-46(38,24-58-33)62-27(3)50)39(53)37(59-26(2)49)34(25)44(47,4)5/h7-21,31-33,35-38,40,43,51-52,56-57H,22-24H2,1-6H3,(H,48,54)/t31-,32-,33+,35-,36+,37+,38-,40-,43?,45+,46-,47+/m0/s1. The first-order chi connectivity index (χ1) is 29.3. The molecule has 12 atom stereocenters. The van der Waals surface area contributed by atoms with Gasteiger partial charge in [-0.1, -0.05) is 80.6 Å². The Balaban J connectivity index is 1.38. The van der Waals surface area contributed by atoms with E-state index in [4.69, 9.17) is 23.7 Å². The highest BCUT2D eigenvalue weighted by Gasteiger charge is 2.78. The number of fused-ring (bicyclic) bond motifs is 5. The summed E-state index contributed by atoms with van der Waals surface area (Å²) in [5.41, 5.74) is -6.71. The smallest absolute Gasteiger partial charge is 0.338 e. The molecule has 2 saturated carbocycles. The van der Waals surface area contributed by atoms with Gasteiger partial charge in [0.05, 0.1) is 41.8 Å². The second-order valence-electron chi connectivity index (χ2n) is 17.5. The van der Waals surface area contributed by atoms with E-state index < -0.39 is 113 Å². The fourth-order valence-electron chi connectivity index (χ4n) is 10.3. The van der Waals surface area contributed by atoms with Crippen LogP contribution in [0.25, 0.3) is 0 Å². The van der Waals surface area contributed by atoms with Gasteiger partial charge in [0.15, 0.2) is 23.8 Å². The van der Waals surface area contributed by atoms with E-state index in [0.29, 0.717) is 5.56 Å². The Morgan fingerprint density at radius 3 is 1.97 bits per heavy atom. The number of rotatable bonds is 11. The van der Waals surface area contributed by atoms with Gasteiger partial charge < -0.3 is 49.4 Å². The molecule has 0 radical (unpaired) electrons. The van der Waals surface area contributed by atoms with Crippen LogP contribution in [0.4, 0.5) is 0 Å². The Bertz CT molecular complexity index is 2230. The van der Waals surface area contributed by atoms with Crippen molar-refractivity contribution in [3.05, 3.63) is 119 Å². The van der Waals surface area contributed by atoms with Gasteiger partial charge >= 0.3 is 17.9 Å². The van der Waals surface area contributed by atoms with Crippen LogP contribution in [0.5, 0.6) is 0 Å². The van der Waals surface area contributed by atoms with Crippen molar-refractivity contribution in [2.75, 3.05) is 6.61 Å². The maximum Gasteiger partial charge on any atom is 0.338 e. The molecule has 3 aromatic carbocycles. The Hall–Kier alpha value is -5.29. The summed E-state index contributed by atoms with van der Waals surface area (Å²) in [6, 6.07) is 23.3. The second-order valence-corrected chi connectivity index (χ2v) is 17.5. The molecule has 1 unspecified atom stereocenters. The fourth-order valence-corrected chi connectivity index (χ4v) is 10.3. The predicted octanol–water partition coefficient (Wildman–Crippen LogP) is 3.53. The van der Waals surface area contributed by atoms with Gasteiger partial charge in [0, 0.05) is 37.7 Å². The average molecular weight is 856 g/mol. The molecule has 1 amide bonds. The van der Waals surface area contributed by atoms with E-state index in [-0.39, 0.29) is 35.3 Å². The largest absolute Gasteiger partial charge is 0.455 e. The first kappa shape index (κ1) is 44.8. The molecular weight excluding hydrogens is 803 g/mol. The summed E-state index contributed by atoms with van der Waals surface area (Å²) in [6.45, 7) is 8.11. The van der Waals surface area contributed by atoms with E-state index in [1.165, 1.54) is 19.1 Å². The van der Waals surface area contributed by atoms with Crippen LogP contribution in [0.1, 0.15) is 86.7 Å². The number of nitrogens with one attached hydrogen (secondary N) is 1. The number of amides is 1. The van der Waals surface area contributed by atoms with Crippen molar-refractivity contribution in [1.82, 2.24) is 5.32 Å². The lowest BCUT2D eigenvalue weighted by Crippen LogP contribution is -2.82. The molecule has 1 heterocycles. The Kier molecular flexibility index (Phi) is 12.1. The van der Waals surface area contributed by atoms with Crippen molar-refractivity contribution in [1.29, 1.82) is 0 Å². The topological polar surface area (TPSA) is 224 Å². The molecule has 15 heteroatoms. The number of ketones is 1. The molecule has 0 aromatic heterocycles. The molecule has 5 N–H and O–H groups in total. The van der Waals surface area contributed by atoms with Crippen LogP contribution in [0, 0.1) is 16.7 Å². The quantitative estimate of drug-likeness (QED) is 0.0806. The van der Waals surface area contributed by atoms with E-state index in [1.54, 1.807) is 99.6 Å². The number of carbonyl (C=O) groups excluding carboxylic acids is 5. The van der Waals surface area contributed by atoms with Crippen LogP contribution in [-0.2, 0) is 38.1 Å². The minimum atomic E-state index is -2.35. The summed E-state index contributed by atoms with van der Waals surface area (Å²) >= 11 is 0. The van der Waals surface area contributed by atoms with E-state index >= 15 is 4.79 Å². The lowest BCUT2D eigenvalue weighted by molar-refractivity contribution is -0.346. The molecule has 1 saturated heterocycles. The predicted molar refractivity (Wildman–Crippen MR) is 219 cm³/mol. The van der Waals surface area contributed by atoms with Crippen LogP contribution >= 0.6 is 0 Å². The minimum absolute atomic E-state index is 0.0382. The zero-order valence-electron chi connectivity index (χ0n) is 35.3. The van der Waals surface area contributed by atoms with Crippen molar-refractivity contribution in [2.45, 2.75) is 115 Å². The molecule has 330 valence electrons. The number of hydrogen-bond acceptors (Lipinski definition) is 14. The third kappa shape index (κ3) is 7.43. The zero-order chi connectivity index (χ0) is 44.9. The minimum Gasteiger partial charge on any atom is -0.455 e. The number of ether oxygens (including phenoxy) is 5. The Morgan fingerprint density at radius 1 is 0.839 bits per heavy atom. The lowest BCUT2D eigenvalue weighted by atomic mass is 9.44. The van der Waals surface area contributed by atoms with Gasteiger partial charge in [0.2, 0.25) is 0 Å². The van der Waals surface area contributed by atoms with Crippen LogP contribution in [0.15, 0.2) is 102 Å². The molecule has 15 nitrogen and oxygen atoms in total. The maximum absolute atomic E-state index is 15.5. The molecule has 2 bridgehead atoms. The van der Waals surface area contributed by atoms with E-state index in [9.17, 15) is 39.6 Å². The Morgan fingerprint density at radius 2 is 1.42 bits per heavy atom. The van der Waals surface area contributed by atoms with Gasteiger partial charge in [-0.15, -0.1) is 0 Å². The molecule has 3 fully saturated rings. The monoisotopic (exact) mass is 855 g/mol. The number of aliphatic hydroxyl groups excluding tert-OH is 3. The highest BCUT2D eigenvalue weighted by Crippen LogP contribution is 2.64. The van der Waals surface area contributed by atoms with Crippen molar-refractivity contribution in [3.8, 4) is 0 Å². The first-order valence-electron chi connectivity index (χ1n) is 20.6. The molecular formula is C47H53NO14. The normalized spacial score (nSPS) is 32.5. The SMILES string of the molecule is CC(=O)O[C@H]1C(=O)[C@@]2(C)[C@H]([C@H](OC(=O)c3ccccc3)[C@]3(O)C[C@H](OC(O)[C@H](O)[C@@H](NC(=O)c4ccccc4)c4ccccc4)C(C)=C1C3(C)C)[C@]1(OC(C)=O)CO[C@@H]1C[C@@H]2O. The molecule has 0 spiro atoms. The van der Waals surface area contributed by atoms with E-state index in [1.807, 2.05) is 0 Å². The maximum atomic E-state index is 15.5. The van der Waals surface area contributed by atoms with Gasteiger partial charge in [-0.05, 0) is 54.8 Å². The number of esters is 3. The number of hydrogen-bond donors (Lipinski definition) is 5. The van der Waals surface area contributed by atoms with Crippen LogP contribution in [0.3, 0.4) is 0 Å². The van der Waals surface area contributed by atoms with Crippen molar-refractivity contribution in [2.24, 2.45) is 16.7 Å². The van der Waals surface area contributed by atoms with Crippen LogP contribution in [0.2, 0.25) is 0 Å². The second kappa shape index (κ2) is 16.8. The average Bonchev–Trinajstić information content (AvgIpc) is 3.24. The molecule has 1 aliphatic heterocycles.